The van der Waals surface area contributed by atoms with E-state index >= 15 is 0 Å². The summed E-state index contributed by atoms with van der Waals surface area (Å²) < 4.78 is 0. The summed E-state index contributed by atoms with van der Waals surface area (Å²) in [6, 6.07) is 6.23. The van der Waals surface area contributed by atoms with E-state index in [4.69, 9.17) is 0 Å². The maximum atomic E-state index is 12.3. The number of hydrogen-bond acceptors (Lipinski definition) is 2. The van der Waals surface area contributed by atoms with Gasteiger partial charge in [-0.1, -0.05) is 12.1 Å². The first-order valence-electron chi connectivity index (χ1n) is 6.38. The molecule has 0 unspecified atom stereocenters. The fraction of sp³-hybridized carbons (Fsp3) is 0.500. The topological polar surface area (TPSA) is 32.3 Å². The molecular formula is C14H18N2O. The minimum absolute atomic E-state index is 0.187. The first-order chi connectivity index (χ1) is 8.19. The van der Waals surface area contributed by atoms with Gasteiger partial charge in [-0.25, -0.2) is 0 Å². The Hall–Kier alpha value is -1.51. The lowest BCUT2D eigenvalue weighted by Gasteiger charge is -2.52. The monoisotopic (exact) mass is 230 g/mol. The fourth-order valence-corrected chi connectivity index (χ4v) is 3.10. The van der Waals surface area contributed by atoms with Gasteiger partial charge in [-0.3, -0.25) is 4.79 Å². The highest BCUT2D eigenvalue weighted by molar-refractivity contribution is 6.08. The molecule has 0 aromatic heterocycles. The largest absolute Gasteiger partial charge is 0.356 e. The molecule has 3 rings (SSSR count). The predicted octanol–water partition coefficient (Wildman–Crippen LogP) is 2.70. The zero-order chi connectivity index (χ0) is 12.0. The maximum Gasteiger partial charge on any atom is 0.250 e. The Morgan fingerprint density at radius 1 is 1.41 bits per heavy atom. The number of benzene rings is 1. The maximum absolute atomic E-state index is 12.3. The molecule has 1 heterocycles. The van der Waals surface area contributed by atoms with Crippen LogP contribution in [0.4, 0.5) is 11.4 Å². The molecule has 0 saturated heterocycles. The van der Waals surface area contributed by atoms with Crippen molar-refractivity contribution in [1.29, 1.82) is 0 Å². The number of anilines is 2. The summed E-state index contributed by atoms with van der Waals surface area (Å²) >= 11 is 0. The number of likely N-dealkylation sites (N-methyl/N-ethyl adjacent to an activating group) is 1. The highest BCUT2D eigenvalue weighted by Crippen LogP contribution is 2.47. The number of para-hydroxylation sites is 1. The van der Waals surface area contributed by atoms with Crippen molar-refractivity contribution in [3.8, 4) is 0 Å². The van der Waals surface area contributed by atoms with Crippen molar-refractivity contribution < 1.29 is 4.79 Å². The van der Waals surface area contributed by atoms with Crippen LogP contribution in [0.3, 0.4) is 0 Å². The molecule has 1 fully saturated rings. The Labute approximate surface area is 102 Å². The van der Waals surface area contributed by atoms with E-state index in [0.29, 0.717) is 0 Å². The van der Waals surface area contributed by atoms with Crippen LogP contribution in [-0.4, -0.2) is 18.0 Å². The van der Waals surface area contributed by atoms with Crippen LogP contribution in [0.5, 0.6) is 0 Å². The van der Waals surface area contributed by atoms with Gasteiger partial charge in [-0.2, -0.15) is 0 Å². The SMILES string of the molecule is CCN1c2cccc(C)c2NC(=O)C12CCC2. The van der Waals surface area contributed by atoms with Crippen LogP contribution in [0.1, 0.15) is 31.7 Å². The number of amides is 1. The van der Waals surface area contributed by atoms with Gasteiger partial charge in [0.05, 0.1) is 11.4 Å². The van der Waals surface area contributed by atoms with Gasteiger partial charge in [0.15, 0.2) is 0 Å². The molecule has 2 aliphatic rings. The third-order valence-corrected chi connectivity index (χ3v) is 4.22. The molecule has 1 N–H and O–H groups in total. The first-order valence-corrected chi connectivity index (χ1v) is 6.38. The Balaban J connectivity index is 2.15. The summed E-state index contributed by atoms with van der Waals surface area (Å²) in [4.78, 5) is 14.6. The Morgan fingerprint density at radius 3 is 2.76 bits per heavy atom. The number of carbonyl (C=O) groups is 1. The van der Waals surface area contributed by atoms with Crippen LogP contribution in [0.25, 0.3) is 0 Å². The van der Waals surface area contributed by atoms with Crippen LogP contribution in [-0.2, 0) is 4.79 Å². The molecule has 17 heavy (non-hydrogen) atoms. The molecule has 3 nitrogen and oxygen atoms in total. The summed E-state index contributed by atoms with van der Waals surface area (Å²) in [6.07, 6.45) is 3.13. The average molecular weight is 230 g/mol. The third-order valence-electron chi connectivity index (χ3n) is 4.22. The number of nitrogens with zero attached hydrogens (tertiary/aromatic N) is 1. The van der Waals surface area contributed by atoms with Gasteiger partial charge in [0.25, 0.3) is 0 Å². The molecule has 1 aliphatic carbocycles. The lowest BCUT2D eigenvalue weighted by Crippen LogP contribution is -2.64. The van der Waals surface area contributed by atoms with Crippen LogP contribution in [0.15, 0.2) is 18.2 Å². The molecular weight excluding hydrogens is 212 g/mol. The van der Waals surface area contributed by atoms with E-state index in [2.05, 4.69) is 29.3 Å². The van der Waals surface area contributed by atoms with Crippen molar-refractivity contribution in [2.75, 3.05) is 16.8 Å². The van der Waals surface area contributed by atoms with Crippen molar-refractivity contribution in [2.24, 2.45) is 0 Å². The lowest BCUT2D eigenvalue weighted by molar-refractivity contribution is -0.124. The molecule has 1 aromatic rings. The molecule has 90 valence electrons. The van der Waals surface area contributed by atoms with Gasteiger partial charge in [0.1, 0.15) is 5.54 Å². The number of nitrogens with one attached hydrogen (secondary N) is 1. The number of fused-ring (bicyclic) bond motifs is 1. The van der Waals surface area contributed by atoms with Gasteiger partial charge in [-0.05, 0) is 44.7 Å². The van der Waals surface area contributed by atoms with Crippen molar-refractivity contribution in [1.82, 2.24) is 0 Å². The van der Waals surface area contributed by atoms with Gasteiger partial charge in [-0.15, -0.1) is 0 Å². The predicted molar refractivity (Wildman–Crippen MR) is 69.4 cm³/mol. The van der Waals surface area contributed by atoms with Crippen molar-refractivity contribution in [3.05, 3.63) is 23.8 Å². The van der Waals surface area contributed by atoms with Crippen LogP contribution in [0, 0.1) is 6.92 Å². The third kappa shape index (κ3) is 1.25. The molecule has 0 radical (unpaired) electrons. The Bertz CT molecular complexity index is 477. The number of hydrogen-bond donors (Lipinski definition) is 1. The Morgan fingerprint density at radius 2 is 2.18 bits per heavy atom. The second-order valence-electron chi connectivity index (χ2n) is 5.05. The van der Waals surface area contributed by atoms with Gasteiger partial charge in [0, 0.05) is 6.54 Å². The van der Waals surface area contributed by atoms with E-state index in [0.717, 1.165) is 37.1 Å². The summed E-state index contributed by atoms with van der Waals surface area (Å²) in [5.41, 5.74) is 3.07. The van der Waals surface area contributed by atoms with Gasteiger partial charge in [0.2, 0.25) is 5.91 Å². The molecule has 0 atom stereocenters. The summed E-state index contributed by atoms with van der Waals surface area (Å²) in [7, 11) is 0. The van der Waals surface area contributed by atoms with E-state index in [-0.39, 0.29) is 11.4 Å². The van der Waals surface area contributed by atoms with Crippen LogP contribution in [0.2, 0.25) is 0 Å². The summed E-state index contributed by atoms with van der Waals surface area (Å²) in [5, 5.41) is 3.10. The van der Waals surface area contributed by atoms with E-state index < -0.39 is 0 Å². The van der Waals surface area contributed by atoms with Crippen molar-refractivity contribution in [2.45, 2.75) is 38.6 Å². The highest BCUT2D eigenvalue weighted by Gasteiger charge is 2.51. The zero-order valence-corrected chi connectivity index (χ0v) is 10.4. The van der Waals surface area contributed by atoms with Crippen molar-refractivity contribution >= 4 is 17.3 Å². The molecule has 1 saturated carbocycles. The standard InChI is InChI=1S/C14H18N2O/c1-3-16-11-7-4-6-10(2)12(11)15-13(17)14(16)8-5-9-14/h4,6-7H,3,5,8-9H2,1-2H3,(H,15,17). The van der Waals surface area contributed by atoms with Gasteiger partial charge >= 0.3 is 0 Å². The smallest absolute Gasteiger partial charge is 0.250 e. The summed E-state index contributed by atoms with van der Waals surface area (Å²) in [5.74, 6) is 0.187. The zero-order valence-electron chi connectivity index (χ0n) is 10.4. The molecule has 0 bridgehead atoms. The van der Waals surface area contributed by atoms with Crippen LogP contribution < -0.4 is 10.2 Å². The highest BCUT2D eigenvalue weighted by atomic mass is 16.2. The molecule has 1 aliphatic heterocycles. The minimum atomic E-state index is -0.254. The minimum Gasteiger partial charge on any atom is -0.356 e. The second-order valence-corrected chi connectivity index (χ2v) is 5.05. The molecule has 1 amide bonds. The first kappa shape index (κ1) is 10.6. The Kier molecular flexibility index (Phi) is 2.18. The van der Waals surface area contributed by atoms with Gasteiger partial charge < -0.3 is 10.2 Å². The fourth-order valence-electron chi connectivity index (χ4n) is 3.10. The van der Waals surface area contributed by atoms with E-state index in [1.807, 2.05) is 13.0 Å². The molecule has 1 spiro atoms. The number of aryl methyl sites for hydroxylation is 1. The summed E-state index contributed by atoms with van der Waals surface area (Å²) in [6.45, 7) is 5.07. The number of rotatable bonds is 1. The van der Waals surface area contributed by atoms with E-state index in [1.165, 1.54) is 5.69 Å². The average Bonchev–Trinajstić information content (AvgIpc) is 2.26. The lowest BCUT2D eigenvalue weighted by atomic mass is 9.73. The van der Waals surface area contributed by atoms with Crippen LogP contribution >= 0.6 is 0 Å². The second kappa shape index (κ2) is 3.49. The normalized spacial score (nSPS) is 20.8. The van der Waals surface area contributed by atoms with Crippen molar-refractivity contribution in [3.63, 3.8) is 0 Å². The number of carbonyl (C=O) groups excluding carboxylic acids is 1. The molecule has 1 aromatic carbocycles. The molecule has 3 heteroatoms. The van der Waals surface area contributed by atoms with E-state index in [9.17, 15) is 4.79 Å². The quantitative estimate of drug-likeness (QED) is 0.804. The van der Waals surface area contributed by atoms with E-state index in [1.54, 1.807) is 0 Å².